The van der Waals surface area contributed by atoms with Crippen LogP contribution in [0.5, 0.6) is 0 Å². The number of ketones is 3. The molecule has 2 bridgehead atoms. The molecule has 25 atom stereocenters. The van der Waals surface area contributed by atoms with Crippen molar-refractivity contribution in [1.29, 1.82) is 0 Å². The van der Waals surface area contributed by atoms with Crippen LogP contribution in [0, 0.1) is 35.5 Å². The molecule has 0 aromatic heterocycles. The summed E-state index contributed by atoms with van der Waals surface area (Å²) in [6, 6.07) is -1.26. The number of carbonyl (C=O) groups excluding carboxylic acids is 5. The van der Waals surface area contributed by atoms with Crippen LogP contribution in [-0.2, 0) is 71.3 Å². The highest BCUT2D eigenvalue weighted by molar-refractivity contribution is 6.39. The summed E-state index contributed by atoms with van der Waals surface area (Å²) in [4.78, 5) is 74.5. The molecule has 5 fully saturated rings. The van der Waals surface area contributed by atoms with E-state index in [0.29, 0.717) is 57.8 Å². The second kappa shape index (κ2) is 34.4. The third-order valence-corrected chi connectivity index (χ3v) is 18.8. The van der Waals surface area contributed by atoms with Gasteiger partial charge in [0.1, 0.15) is 72.9 Å². The zero-order valence-electron chi connectivity index (χ0n) is 53.2. The van der Waals surface area contributed by atoms with Gasteiger partial charge in [-0.3, -0.25) is 19.2 Å². The summed E-state index contributed by atoms with van der Waals surface area (Å²) >= 11 is 0. The van der Waals surface area contributed by atoms with Gasteiger partial charge in [-0.1, -0.05) is 71.1 Å². The van der Waals surface area contributed by atoms with E-state index >= 15 is 0 Å². The number of carbonyl (C=O) groups is 5. The molecule has 6 rings (SSSR count). The molecule has 1 amide bonds. The van der Waals surface area contributed by atoms with Gasteiger partial charge in [0.15, 0.2) is 24.7 Å². The first kappa shape index (κ1) is 74.2. The van der Waals surface area contributed by atoms with Gasteiger partial charge in [-0.2, -0.15) is 0 Å². The molecule has 4 saturated heterocycles. The van der Waals surface area contributed by atoms with Gasteiger partial charge < -0.3 is 98.2 Å². The standard InChI is InChI=1S/C64H101NO24/c1-33-16-12-11-13-17-34(2)45(80-8)30-41-21-19-39(7)64(79,89-41)58(75)59(76)65-23-15-14-18-42(65)60(77)84-46(36(4)28-40-20-22-44(83-25-24-66)47(29-40)81-9)31-43(68)35(3)27-38(6)55(56(82-10)49(69)37(5)26-33)86-63-54(74)52(72)57(61(78)88-63)87-62-53(73)51(71)50(70)48(32-67)85-62/h11-13,16-17,27,33,35-37,39-42,44-48,50-57,61-63,66-67,70-74,78-79H,14-15,18-26,28-32H2,1-10H3/b13-11+,16-12+,34-17+,38-27+/t33-,35-,36-,37-,39-,40?,41+,42?,44-,45+,46+,47-,48-,50-,51+,52-,53-,54-,55-,56+,57+,61+,62?,63?,64-/m1/s1. The minimum Gasteiger partial charge on any atom is -0.460 e. The monoisotopic (exact) mass is 1270 g/mol. The number of piperidine rings is 1. The molecule has 5 heterocycles. The first-order valence-electron chi connectivity index (χ1n) is 31.6. The van der Waals surface area contributed by atoms with Crippen LogP contribution in [0.3, 0.4) is 0 Å². The van der Waals surface area contributed by atoms with Gasteiger partial charge in [-0.05, 0) is 107 Å². The Morgan fingerprint density at radius 3 is 2.11 bits per heavy atom. The third-order valence-electron chi connectivity index (χ3n) is 18.8. The number of methoxy groups -OCH3 is 3. The van der Waals surface area contributed by atoms with E-state index in [-0.39, 0.29) is 68.6 Å². The quantitative estimate of drug-likeness (QED) is 0.0680. The summed E-state index contributed by atoms with van der Waals surface area (Å²) in [5.74, 6) is -9.72. The van der Waals surface area contributed by atoms with Crippen LogP contribution in [-0.4, -0.2) is 244 Å². The number of aliphatic hydroxyl groups is 9. The summed E-state index contributed by atoms with van der Waals surface area (Å²) < 4.78 is 59.2. The van der Waals surface area contributed by atoms with Gasteiger partial charge in [0.2, 0.25) is 5.79 Å². The predicted octanol–water partition coefficient (Wildman–Crippen LogP) is 1.80. The average Bonchev–Trinajstić information content (AvgIpc) is 1.23. The molecule has 4 unspecified atom stereocenters. The van der Waals surface area contributed by atoms with Gasteiger partial charge in [-0.15, -0.1) is 0 Å². The zero-order valence-corrected chi connectivity index (χ0v) is 53.2. The maximum absolute atomic E-state index is 14.9. The summed E-state index contributed by atoms with van der Waals surface area (Å²) in [7, 11) is 4.39. The molecule has 506 valence electrons. The van der Waals surface area contributed by atoms with Gasteiger partial charge in [0.25, 0.3) is 11.7 Å². The van der Waals surface area contributed by atoms with Crippen LogP contribution in [0.25, 0.3) is 0 Å². The fraction of sp³-hybridized carbons (Fsp3) is 0.797. The van der Waals surface area contributed by atoms with E-state index < -0.39 is 163 Å². The van der Waals surface area contributed by atoms with Crippen molar-refractivity contribution in [3.8, 4) is 0 Å². The lowest BCUT2D eigenvalue weighted by molar-refractivity contribution is -0.387. The van der Waals surface area contributed by atoms with Crippen molar-refractivity contribution >= 4 is 29.2 Å². The summed E-state index contributed by atoms with van der Waals surface area (Å²) in [6.45, 7) is 11.3. The highest BCUT2D eigenvalue weighted by Gasteiger charge is 2.55. The number of Topliss-reactive ketones (excluding diaryl/α,β-unsaturated/α-hetero) is 3. The maximum atomic E-state index is 14.9. The number of amides is 1. The van der Waals surface area contributed by atoms with Crippen LogP contribution in [0.2, 0.25) is 0 Å². The van der Waals surface area contributed by atoms with Gasteiger partial charge >= 0.3 is 5.97 Å². The van der Waals surface area contributed by atoms with Crippen LogP contribution < -0.4 is 0 Å². The van der Waals surface area contributed by atoms with Crippen LogP contribution in [0.15, 0.2) is 47.6 Å². The molecule has 9 N–H and O–H groups in total. The second-order valence-electron chi connectivity index (χ2n) is 25.4. The Hall–Kier alpha value is -3.81. The lowest BCUT2D eigenvalue weighted by Gasteiger charge is -2.45. The smallest absolute Gasteiger partial charge is 0.329 e. The van der Waals surface area contributed by atoms with Crippen LogP contribution >= 0.6 is 0 Å². The Kier molecular flexibility index (Phi) is 28.7. The number of hydrogen-bond donors (Lipinski definition) is 9. The lowest BCUT2D eigenvalue weighted by Crippen LogP contribution is -2.64. The van der Waals surface area contributed by atoms with Gasteiger partial charge in [-0.25, -0.2) is 4.79 Å². The van der Waals surface area contributed by atoms with Crippen molar-refractivity contribution in [2.45, 2.75) is 242 Å². The molecule has 25 heteroatoms. The van der Waals surface area contributed by atoms with Crippen molar-refractivity contribution < 1.29 is 117 Å². The lowest BCUT2D eigenvalue weighted by atomic mass is 9.78. The number of rotatable bonds is 14. The zero-order chi connectivity index (χ0) is 65.6. The number of hydrogen-bond acceptors (Lipinski definition) is 24. The molecule has 5 aliphatic heterocycles. The number of fused-ring (bicyclic) bond motifs is 3. The largest absolute Gasteiger partial charge is 0.460 e. The van der Waals surface area contributed by atoms with Gasteiger partial charge in [0, 0.05) is 58.5 Å². The molecule has 1 saturated carbocycles. The first-order valence-corrected chi connectivity index (χ1v) is 31.6. The molecule has 89 heavy (non-hydrogen) atoms. The highest BCUT2D eigenvalue weighted by atomic mass is 16.8. The SMILES string of the molecule is CO[C@H]1C[C@@H]2CC[C@@H](C)[C@@](O)(O2)C(=O)C(=O)N2CCCCC2C(=O)O[C@H]([C@H](C)CC2CC[C@@H](OCCO)[C@H](OC)C2)CC(=O)[C@H](C)/C=C(\C)[C@@H](OC2O[C@H](O)[C@@H](OC3O[C@H](CO)[C@@H](O)[C@H](O)[C@H]3O)[C@H](O)[C@H]2O)[C@@H](OC)C(=O)[C@H](C)C[C@H](C)/C=C/C=C/C=C/1C. The van der Waals surface area contributed by atoms with E-state index in [1.165, 1.54) is 20.3 Å². The summed E-state index contributed by atoms with van der Waals surface area (Å²) in [5.41, 5.74) is 1.01. The van der Waals surface area contributed by atoms with Crippen molar-refractivity contribution in [3.63, 3.8) is 0 Å². The van der Waals surface area contributed by atoms with Crippen LogP contribution in [0.1, 0.15) is 126 Å². The first-order chi connectivity index (χ1) is 42.2. The fourth-order valence-corrected chi connectivity index (χ4v) is 13.2. The van der Waals surface area contributed by atoms with E-state index in [1.54, 1.807) is 40.9 Å². The van der Waals surface area contributed by atoms with E-state index in [1.807, 2.05) is 45.1 Å². The molecule has 25 nitrogen and oxygen atoms in total. The third kappa shape index (κ3) is 18.7. The predicted molar refractivity (Wildman–Crippen MR) is 316 cm³/mol. The highest BCUT2D eigenvalue weighted by Crippen LogP contribution is 2.39. The van der Waals surface area contributed by atoms with E-state index in [9.17, 15) is 69.9 Å². The number of cyclic esters (lactones) is 1. The second-order valence-corrected chi connectivity index (χ2v) is 25.4. The number of nitrogens with zero attached hydrogens (tertiary/aromatic N) is 1. The van der Waals surface area contributed by atoms with E-state index in [2.05, 4.69) is 0 Å². The minimum absolute atomic E-state index is 0.000180. The Labute approximate surface area is 522 Å². The maximum Gasteiger partial charge on any atom is 0.329 e. The molecular formula is C64H101NO24. The van der Waals surface area contributed by atoms with Crippen LogP contribution in [0.4, 0.5) is 0 Å². The van der Waals surface area contributed by atoms with Crippen molar-refractivity contribution in [2.24, 2.45) is 35.5 Å². The molecule has 1 aliphatic carbocycles. The normalized spacial score (nSPS) is 43.2. The van der Waals surface area contributed by atoms with Crippen molar-refractivity contribution in [3.05, 3.63) is 47.6 Å². The number of ether oxygens (including phenoxy) is 10. The Morgan fingerprint density at radius 2 is 1.44 bits per heavy atom. The Bertz CT molecular complexity index is 2440. The molecular weight excluding hydrogens is 1170 g/mol. The van der Waals surface area contributed by atoms with Gasteiger partial charge in [0.05, 0.1) is 44.2 Å². The Balaban J connectivity index is 1.36. The summed E-state index contributed by atoms with van der Waals surface area (Å²) in [5, 5.41) is 97.1. The van der Waals surface area contributed by atoms with E-state index in [0.717, 1.165) is 10.5 Å². The Morgan fingerprint density at radius 1 is 0.730 bits per heavy atom. The summed E-state index contributed by atoms with van der Waals surface area (Å²) in [6.07, 6.45) is -9.63. The molecule has 0 spiro atoms. The number of aliphatic hydroxyl groups excluding tert-OH is 8. The molecule has 0 radical (unpaired) electrons. The fourth-order valence-electron chi connectivity index (χ4n) is 13.2. The van der Waals surface area contributed by atoms with E-state index in [4.69, 9.17) is 47.4 Å². The average molecular weight is 1270 g/mol. The molecule has 6 aliphatic rings. The molecule has 0 aromatic carbocycles. The number of allylic oxidation sites excluding steroid dienone is 6. The number of esters is 1. The topological polar surface area (TPSA) is 363 Å². The van der Waals surface area contributed by atoms with Crippen molar-refractivity contribution in [2.75, 3.05) is 47.7 Å². The van der Waals surface area contributed by atoms with Crippen molar-refractivity contribution in [1.82, 2.24) is 4.90 Å². The minimum atomic E-state index is -2.52. The molecule has 0 aromatic rings.